The number of dihydropyridines is 1. The second kappa shape index (κ2) is 5.91. The van der Waals surface area contributed by atoms with Crippen LogP contribution in [-0.2, 0) is 0 Å². The SMILES string of the molecule is N#CC1=CC=C(Oc2ccc(Br)c(C=O)c2)NC1Cl. The van der Waals surface area contributed by atoms with Crippen LogP contribution in [0, 0.1) is 11.3 Å². The fraction of sp³-hybridized carbons (Fsp3) is 0.0769. The Morgan fingerprint density at radius 2 is 2.26 bits per heavy atom. The predicted octanol–water partition coefficient (Wildman–Crippen LogP) is 3.10. The Labute approximate surface area is 123 Å². The van der Waals surface area contributed by atoms with Crippen LogP contribution < -0.4 is 10.1 Å². The molecule has 4 nitrogen and oxygen atoms in total. The quantitative estimate of drug-likeness (QED) is 0.522. The second-order valence-electron chi connectivity index (χ2n) is 3.67. The summed E-state index contributed by atoms with van der Waals surface area (Å²) in [6, 6.07) is 7.02. The van der Waals surface area contributed by atoms with Crippen LogP contribution in [0.15, 0.2) is 46.3 Å². The highest BCUT2D eigenvalue weighted by Gasteiger charge is 2.16. The molecule has 1 unspecified atom stereocenters. The minimum absolute atomic E-state index is 0.415. The van der Waals surface area contributed by atoms with E-state index in [1.54, 1.807) is 30.4 Å². The third-order valence-corrected chi connectivity index (χ3v) is 3.47. The van der Waals surface area contributed by atoms with E-state index in [1.165, 1.54) is 0 Å². The summed E-state index contributed by atoms with van der Waals surface area (Å²) in [4.78, 5) is 10.8. The van der Waals surface area contributed by atoms with Crippen molar-refractivity contribution in [3.8, 4) is 11.8 Å². The highest BCUT2D eigenvalue weighted by atomic mass is 79.9. The van der Waals surface area contributed by atoms with Gasteiger partial charge in [0.05, 0.1) is 11.6 Å². The van der Waals surface area contributed by atoms with Gasteiger partial charge in [-0.2, -0.15) is 5.26 Å². The normalized spacial score (nSPS) is 17.6. The Kier molecular flexibility index (Phi) is 4.25. The first-order chi connectivity index (χ1) is 9.13. The van der Waals surface area contributed by atoms with Gasteiger partial charge in [-0.3, -0.25) is 4.79 Å². The topological polar surface area (TPSA) is 62.1 Å². The van der Waals surface area contributed by atoms with Gasteiger partial charge in [0.15, 0.2) is 12.2 Å². The lowest BCUT2D eigenvalue weighted by Gasteiger charge is -2.19. The summed E-state index contributed by atoms with van der Waals surface area (Å²) in [6.07, 6.45) is 3.93. The predicted molar refractivity (Wildman–Crippen MR) is 74.7 cm³/mol. The van der Waals surface area contributed by atoms with Gasteiger partial charge in [-0.15, -0.1) is 0 Å². The number of nitrogens with one attached hydrogen (secondary N) is 1. The van der Waals surface area contributed by atoms with Crippen LogP contribution in [0.25, 0.3) is 0 Å². The number of ether oxygens (including phenoxy) is 1. The molecule has 19 heavy (non-hydrogen) atoms. The lowest BCUT2D eigenvalue weighted by molar-refractivity contribution is 0.112. The van der Waals surface area contributed by atoms with E-state index in [2.05, 4.69) is 21.2 Å². The van der Waals surface area contributed by atoms with Gasteiger partial charge < -0.3 is 10.1 Å². The molecule has 0 radical (unpaired) electrons. The highest BCUT2D eigenvalue weighted by Crippen LogP contribution is 2.23. The molecule has 0 fully saturated rings. The van der Waals surface area contributed by atoms with E-state index < -0.39 is 5.50 Å². The Morgan fingerprint density at radius 3 is 2.89 bits per heavy atom. The van der Waals surface area contributed by atoms with E-state index in [-0.39, 0.29) is 0 Å². The summed E-state index contributed by atoms with van der Waals surface area (Å²) >= 11 is 9.20. The fourth-order valence-electron chi connectivity index (χ4n) is 1.46. The van der Waals surface area contributed by atoms with Crippen molar-refractivity contribution in [1.82, 2.24) is 5.32 Å². The monoisotopic (exact) mass is 338 g/mol. The smallest absolute Gasteiger partial charge is 0.194 e. The van der Waals surface area contributed by atoms with Crippen LogP contribution >= 0.6 is 27.5 Å². The molecule has 1 heterocycles. The van der Waals surface area contributed by atoms with Crippen molar-refractivity contribution in [2.24, 2.45) is 0 Å². The van der Waals surface area contributed by atoms with Gasteiger partial charge in [-0.1, -0.05) is 27.5 Å². The van der Waals surface area contributed by atoms with Gasteiger partial charge in [0.25, 0.3) is 0 Å². The summed E-state index contributed by atoms with van der Waals surface area (Å²) in [7, 11) is 0. The Morgan fingerprint density at radius 1 is 1.47 bits per heavy atom. The van der Waals surface area contributed by atoms with Gasteiger partial charge in [-0.05, 0) is 30.4 Å². The lowest BCUT2D eigenvalue weighted by Crippen LogP contribution is -2.29. The Bertz CT molecular complexity index is 620. The number of nitrogens with zero attached hydrogens (tertiary/aromatic N) is 1. The first-order valence-corrected chi connectivity index (χ1v) is 6.52. The fourth-order valence-corrected chi connectivity index (χ4v) is 2.03. The molecule has 1 aromatic rings. The molecule has 96 valence electrons. The van der Waals surface area contributed by atoms with Crippen molar-refractivity contribution in [3.05, 3.63) is 51.8 Å². The molecule has 6 heteroatoms. The number of carbonyl (C=O) groups is 1. The number of carbonyl (C=O) groups excluding carboxylic acids is 1. The van der Waals surface area contributed by atoms with Crippen LogP contribution in [0.2, 0.25) is 0 Å². The minimum Gasteiger partial charge on any atom is -0.441 e. The van der Waals surface area contributed by atoms with Crippen molar-refractivity contribution < 1.29 is 9.53 Å². The maximum atomic E-state index is 10.8. The molecule has 0 spiro atoms. The van der Waals surface area contributed by atoms with Crippen LogP contribution in [0.5, 0.6) is 5.75 Å². The molecule has 0 aromatic heterocycles. The van der Waals surface area contributed by atoms with E-state index >= 15 is 0 Å². The molecule has 1 aliphatic heterocycles. The van der Waals surface area contributed by atoms with E-state index in [4.69, 9.17) is 21.6 Å². The number of hydrogen-bond acceptors (Lipinski definition) is 4. The van der Waals surface area contributed by atoms with Gasteiger partial charge in [0, 0.05) is 10.0 Å². The van der Waals surface area contributed by atoms with Crippen molar-refractivity contribution in [2.45, 2.75) is 5.50 Å². The number of nitriles is 1. The standard InChI is InChI=1S/C13H8BrClN2O2/c14-11-3-2-10(5-9(11)7-18)19-12-4-1-8(6-16)13(15)17-12/h1-5,7,13,17H. The second-order valence-corrected chi connectivity index (χ2v) is 4.97. The summed E-state index contributed by atoms with van der Waals surface area (Å²) in [5.41, 5.74) is 0.286. The molecule has 0 amide bonds. The third kappa shape index (κ3) is 3.16. The van der Waals surface area contributed by atoms with E-state index in [1.807, 2.05) is 6.07 Å². The van der Waals surface area contributed by atoms with Crippen molar-refractivity contribution in [1.29, 1.82) is 5.26 Å². The molecule has 2 rings (SSSR count). The molecule has 0 saturated heterocycles. The molecule has 1 aliphatic rings. The number of alkyl halides is 1. The molecular weight excluding hydrogens is 332 g/mol. The van der Waals surface area contributed by atoms with Gasteiger partial charge >= 0.3 is 0 Å². The molecule has 1 N–H and O–H groups in total. The Balaban J connectivity index is 2.19. The molecule has 0 aliphatic carbocycles. The molecule has 1 aromatic carbocycles. The maximum absolute atomic E-state index is 10.8. The van der Waals surface area contributed by atoms with Crippen molar-refractivity contribution in [2.75, 3.05) is 0 Å². The molecular formula is C13H8BrClN2O2. The average Bonchev–Trinajstić information content (AvgIpc) is 2.41. The maximum Gasteiger partial charge on any atom is 0.194 e. The number of halogens is 2. The average molecular weight is 340 g/mol. The van der Waals surface area contributed by atoms with Crippen LogP contribution in [0.3, 0.4) is 0 Å². The van der Waals surface area contributed by atoms with E-state index in [0.29, 0.717) is 27.2 Å². The van der Waals surface area contributed by atoms with Gasteiger partial charge in [0.2, 0.25) is 0 Å². The molecule has 0 saturated carbocycles. The summed E-state index contributed by atoms with van der Waals surface area (Å²) < 4.78 is 6.24. The zero-order valence-corrected chi connectivity index (χ0v) is 11.9. The number of hydrogen-bond donors (Lipinski definition) is 1. The summed E-state index contributed by atoms with van der Waals surface area (Å²) in [6.45, 7) is 0. The van der Waals surface area contributed by atoms with Crippen LogP contribution in [0.4, 0.5) is 0 Å². The van der Waals surface area contributed by atoms with Crippen molar-refractivity contribution in [3.63, 3.8) is 0 Å². The first kappa shape index (κ1) is 13.7. The van der Waals surface area contributed by atoms with Crippen LogP contribution in [-0.4, -0.2) is 11.8 Å². The summed E-state index contributed by atoms with van der Waals surface area (Å²) in [5.74, 6) is 0.917. The number of benzene rings is 1. The summed E-state index contributed by atoms with van der Waals surface area (Å²) in [5, 5.41) is 11.6. The van der Waals surface area contributed by atoms with Crippen LogP contribution in [0.1, 0.15) is 10.4 Å². The number of rotatable bonds is 3. The minimum atomic E-state index is -0.619. The van der Waals surface area contributed by atoms with Gasteiger partial charge in [-0.25, -0.2) is 0 Å². The zero-order valence-electron chi connectivity index (χ0n) is 9.56. The molecule has 1 atom stereocenters. The van der Waals surface area contributed by atoms with E-state index in [0.717, 1.165) is 6.29 Å². The number of aldehydes is 1. The lowest BCUT2D eigenvalue weighted by atomic mass is 10.2. The largest absolute Gasteiger partial charge is 0.441 e. The Hall–Kier alpha value is -1.77. The zero-order chi connectivity index (χ0) is 13.8. The third-order valence-electron chi connectivity index (χ3n) is 2.41. The first-order valence-electron chi connectivity index (χ1n) is 5.29. The highest BCUT2D eigenvalue weighted by molar-refractivity contribution is 9.10. The number of allylic oxidation sites excluding steroid dienone is 2. The van der Waals surface area contributed by atoms with E-state index in [9.17, 15) is 4.79 Å². The van der Waals surface area contributed by atoms with Gasteiger partial charge in [0.1, 0.15) is 11.3 Å². The molecule has 0 bridgehead atoms. The van der Waals surface area contributed by atoms with Crippen molar-refractivity contribution >= 4 is 33.8 Å².